The molecule has 0 fully saturated rings. The summed E-state index contributed by atoms with van der Waals surface area (Å²) in [5.41, 5.74) is 1.84. The maximum Gasteiger partial charge on any atom is 0.435 e. The van der Waals surface area contributed by atoms with E-state index >= 15 is 0 Å². The van der Waals surface area contributed by atoms with E-state index in [0.717, 1.165) is 16.9 Å². The van der Waals surface area contributed by atoms with Crippen LogP contribution in [0.3, 0.4) is 0 Å². The molecule has 0 N–H and O–H groups in total. The predicted octanol–water partition coefficient (Wildman–Crippen LogP) is 5.44. The summed E-state index contributed by atoms with van der Waals surface area (Å²) in [7, 11) is 0. The molecular weight excluding hydrogens is 359 g/mol. The zero-order valence-electron chi connectivity index (χ0n) is 14.0. The molecule has 0 radical (unpaired) electrons. The van der Waals surface area contributed by atoms with Crippen molar-refractivity contribution in [3.8, 4) is 21.6 Å². The average Bonchev–Trinajstić information content (AvgIpc) is 3.25. The van der Waals surface area contributed by atoms with Gasteiger partial charge in [-0.25, -0.2) is 0 Å². The molecule has 134 valence electrons. The molecule has 3 aromatic rings. The number of hydrogen-bond donors (Lipinski definition) is 0. The van der Waals surface area contributed by atoms with Gasteiger partial charge in [-0.05, 0) is 29.7 Å². The van der Waals surface area contributed by atoms with Crippen molar-refractivity contribution in [2.45, 2.75) is 32.6 Å². The van der Waals surface area contributed by atoms with Gasteiger partial charge in [0.25, 0.3) is 0 Å². The largest absolute Gasteiger partial charge is 0.435 e. The van der Waals surface area contributed by atoms with Gasteiger partial charge >= 0.3 is 6.18 Å². The van der Waals surface area contributed by atoms with Crippen molar-refractivity contribution < 1.29 is 13.2 Å². The molecule has 3 nitrogen and oxygen atoms in total. The van der Waals surface area contributed by atoms with Crippen LogP contribution in [0.1, 0.15) is 23.1 Å². The van der Waals surface area contributed by atoms with Crippen LogP contribution in [0.15, 0.2) is 41.5 Å². The van der Waals surface area contributed by atoms with E-state index in [1.165, 1.54) is 21.3 Å². The van der Waals surface area contributed by atoms with Gasteiger partial charge in [-0.2, -0.15) is 18.3 Å². The summed E-state index contributed by atoms with van der Waals surface area (Å²) in [6.45, 7) is 2.80. The van der Waals surface area contributed by atoms with Gasteiger partial charge in [-0.3, -0.25) is 9.67 Å². The summed E-state index contributed by atoms with van der Waals surface area (Å²) < 4.78 is 41.9. The van der Waals surface area contributed by atoms with Crippen molar-refractivity contribution in [3.05, 3.63) is 52.7 Å². The van der Waals surface area contributed by atoms with Crippen LogP contribution in [0, 0.1) is 0 Å². The SMILES string of the molecule is CCn1cc(-c2ccccc2-c2cc3c(s2)CN=CC3)c(C(F)(F)F)n1. The van der Waals surface area contributed by atoms with Gasteiger partial charge < -0.3 is 0 Å². The molecule has 3 heterocycles. The van der Waals surface area contributed by atoms with Crippen LogP contribution in [0.4, 0.5) is 13.2 Å². The Morgan fingerprint density at radius 2 is 1.92 bits per heavy atom. The summed E-state index contributed by atoms with van der Waals surface area (Å²) in [5, 5.41) is 3.75. The third kappa shape index (κ3) is 2.96. The summed E-state index contributed by atoms with van der Waals surface area (Å²) in [4.78, 5) is 6.43. The number of nitrogens with zero attached hydrogens (tertiary/aromatic N) is 3. The minimum absolute atomic E-state index is 0.123. The second-order valence-corrected chi connectivity index (χ2v) is 7.21. The standard InChI is InChI=1S/C19H16F3N3S/c1-2-25-11-15(18(24-25)19(20,21)22)13-5-3-4-6-14(13)16-9-12-7-8-23-10-17(12)26-16/h3-6,8-9,11H,2,7,10H2,1H3. The number of fused-ring (bicyclic) bond motifs is 1. The molecular formula is C19H16F3N3S. The molecule has 0 saturated heterocycles. The van der Waals surface area contributed by atoms with E-state index in [1.807, 2.05) is 18.3 Å². The third-order valence-electron chi connectivity index (χ3n) is 4.41. The number of hydrogen-bond acceptors (Lipinski definition) is 3. The molecule has 7 heteroatoms. The number of benzene rings is 1. The maximum absolute atomic E-state index is 13.5. The van der Waals surface area contributed by atoms with Crippen LogP contribution in [-0.2, 0) is 25.7 Å². The van der Waals surface area contributed by atoms with Gasteiger partial charge in [0.15, 0.2) is 5.69 Å². The molecule has 0 amide bonds. The first kappa shape index (κ1) is 17.0. The molecule has 26 heavy (non-hydrogen) atoms. The Labute approximate surface area is 152 Å². The first-order valence-corrected chi connectivity index (χ1v) is 9.13. The number of alkyl halides is 3. The molecule has 0 saturated carbocycles. The van der Waals surface area contributed by atoms with E-state index in [1.54, 1.807) is 30.4 Å². The Morgan fingerprint density at radius 1 is 1.15 bits per heavy atom. The second-order valence-electron chi connectivity index (χ2n) is 6.08. The molecule has 1 aliphatic heterocycles. The normalized spacial score (nSPS) is 13.8. The van der Waals surface area contributed by atoms with Gasteiger partial charge in [0.1, 0.15) is 0 Å². The molecule has 0 bridgehead atoms. The molecule has 0 unspecified atom stereocenters. The van der Waals surface area contributed by atoms with Crippen molar-refractivity contribution in [3.63, 3.8) is 0 Å². The van der Waals surface area contributed by atoms with E-state index in [2.05, 4.69) is 16.2 Å². The maximum atomic E-state index is 13.5. The van der Waals surface area contributed by atoms with Gasteiger partial charge in [0, 0.05) is 40.7 Å². The number of halogens is 3. The van der Waals surface area contributed by atoms with E-state index in [4.69, 9.17) is 0 Å². The van der Waals surface area contributed by atoms with Gasteiger partial charge in [-0.15, -0.1) is 11.3 Å². The van der Waals surface area contributed by atoms with Crippen LogP contribution >= 0.6 is 11.3 Å². The number of rotatable bonds is 3. The number of aryl methyl sites for hydroxylation is 1. The summed E-state index contributed by atoms with van der Waals surface area (Å²) in [6, 6.07) is 9.29. The molecule has 0 aliphatic carbocycles. The predicted molar refractivity (Wildman–Crippen MR) is 97.6 cm³/mol. The van der Waals surface area contributed by atoms with Crippen LogP contribution in [0.25, 0.3) is 21.6 Å². The fourth-order valence-electron chi connectivity index (χ4n) is 3.14. The van der Waals surface area contributed by atoms with Crippen LogP contribution in [0.2, 0.25) is 0 Å². The number of aliphatic imine (C=N–C) groups is 1. The van der Waals surface area contributed by atoms with Gasteiger partial charge in [0.2, 0.25) is 0 Å². The number of aromatic nitrogens is 2. The van der Waals surface area contributed by atoms with E-state index in [9.17, 15) is 13.2 Å². The van der Waals surface area contributed by atoms with E-state index in [0.29, 0.717) is 18.7 Å². The summed E-state index contributed by atoms with van der Waals surface area (Å²) in [6.07, 6.45) is -0.350. The Kier molecular flexibility index (Phi) is 4.19. The number of thiophene rings is 1. The summed E-state index contributed by atoms with van der Waals surface area (Å²) in [5.74, 6) is 0. The second kappa shape index (κ2) is 6.39. The topological polar surface area (TPSA) is 30.2 Å². The first-order chi connectivity index (χ1) is 12.5. The smallest absolute Gasteiger partial charge is 0.292 e. The third-order valence-corrected chi connectivity index (χ3v) is 5.60. The Balaban J connectivity index is 1.87. The van der Waals surface area contributed by atoms with E-state index < -0.39 is 11.9 Å². The van der Waals surface area contributed by atoms with Crippen molar-refractivity contribution in [1.29, 1.82) is 0 Å². The fraction of sp³-hybridized carbons (Fsp3) is 0.263. The molecule has 1 aliphatic rings. The van der Waals surface area contributed by atoms with Crippen LogP contribution in [0.5, 0.6) is 0 Å². The zero-order chi connectivity index (χ0) is 18.3. The monoisotopic (exact) mass is 375 g/mol. The van der Waals surface area contributed by atoms with Crippen molar-refractivity contribution in [2.24, 2.45) is 4.99 Å². The highest BCUT2D eigenvalue weighted by atomic mass is 32.1. The van der Waals surface area contributed by atoms with Crippen molar-refractivity contribution >= 4 is 17.6 Å². The fourth-order valence-corrected chi connectivity index (χ4v) is 4.31. The lowest BCUT2D eigenvalue weighted by atomic mass is 9.98. The van der Waals surface area contributed by atoms with E-state index in [-0.39, 0.29) is 5.56 Å². The highest BCUT2D eigenvalue weighted by Gasteiger charge is 2.38. The Hall–Kier alpha value is -2.41. The molecule has 2 aromatic heterocycles. The Morgan fingerprint density at radius 3 is 2.62 bits per heavy atom. The van der Waals surface area contributed by atoms with Crippen LogP contribution < -0.4 is 0 Å². The molecule has 0 atom stereocenters. The molecule has 0 spiro atoms. The van der Waals surface area contributed by atoms with Gasteiger partial charge in [-0.1, -0.05) is 24.3 Å². The molecule has 1 aromatic carbocycles. The minimum atomic E-state index is -4.49. The quantitative estimate of drug-likeness (QED) is 0.599. The highest BCUT2D eigenvalue weighted by molar-refractivity contribution is 7.15. The minimum Gasteiger partial charge on any atom is -0.292 e. The summed E-state index contributed by atoms with van der Waals surface area (Å²) >= 11 is 1.60. The van der Waals surface area contributed by atoms with Crippen LogP contribution in [-0.4, -0.2) is 16.0 Å². The van der Waals surface area contributed by atoms with Crippen molar-refractivity contribution in [2.75, 3.05) is 0 Å². The van der Waals surface area contributed by atoms with Gasteiger partial charge in [0.05, 0.1) is 6.54 Å². The Bertz CT molecular complexity index is 957. The zero-order valence-corrected chi connectivity index (χ0v) is 14.9. The molecule has 4 rings (SSSR count). The van der Waals surface area contributed by atoms with Crippen molar-refractivity contribution in [1.82, 2.24) is 9.78 Å². The average molecular weight is 375 g/mol. The highest BCUT2D eigenvalue weighted by Crippen LogP contribution is 2.42. The lowest BCUT2D eigenvalue weighted by Crippen LogP contribution is -2.09. The lowest BCUT2D eigenvalue weighted by molar-refractivity contribution is -0.141. The first-order valence-electron chi connectivity index (χ1n) is 8.31. The lowest BCUT2D eigenvalue weighted by Gasteiger charge is -2.10.